The molecule has 2 fully saturated rings. The Bertz CT molecular complexity index is 719. The molecule has 1 aliphatic heterocycles. The molecule has 1 unspecified atom stereocenters. The third kappa shape index (κ3) is 7.84. The van der Waals surface area contributed by atoms with E-state index in [1.807, 2.05) is 23.1 Å². The predicted octanol–water partition coefficient (Wildman–Crippen LogP) is 4.19. The van der Waals surface area contributed by atoms with E-state index >= 15 is 0 Å². The lowest BCUT2D eigenvalue weighted by Gasteiger charge is -2.21. The Balaban J connectivity index is 0.00000341. The SMILES string of the molecule is CN=C(NCc1ccccc1OCCC(C)C)NC1CCN(C(=O)C2CCCC2)C1.I. The molecule has 1 aromatic carbocycles. The first-order chi connectivity index (χ1) is 14.6. The van der Waals surface area contributed by atoms with Crippen LogP contribution in [-0.4, -0.2) is 49.6 Å². The second-order valence-electron chi connectivity index (χ2n) is 8.96. The Morgan fingerprint density at radius 2 is 1.97 bits per heavy atom. The number of carbonyl (C=O) groups is 1. The summed E-state index contributed by atoms with van der Waals surface area (Å²) in [5.74, 6) is 2.94. The number of ether oxygens (including phenoxy) is 1. The molecule has 2 N–H and O–H groups in total. The fourth-order valence-electron chi connectivity index (χ4n) is 4.27. The van der Waals surface area contributed by atoms with Gasteiger partial charge in [-0.3, -0.25) is 9.79 Å². The molecule has 1 heterocycles. The van der Waals surface area contributed by atoms with Crippen LogP contribution in [0.3, 0.4) is 0 Å². The van der Waals surface area contributed by atoms with E-state index in [9.17, 15) is 4.79 Å². The summed E-state index contributed by atoms with van der Waals surface area (Å²) >= 11 is 0. The molecule has 7 heteroatoms. The van der Waals surface area contributed by atoms with Gasteiger partial charge in [-0.1, -0.05) is 44.9 Å². The number of nitrogens with one attached hydrogen (secondary N) is 2. The van der Waals surface area contributed by atoms with Gasteiger partial charge < -0.3 is 20.3 Å². The molecule has 0 spiro atoms. The second kappa shape index (κ2) is 13.1. The highest BCUT2D eigenvalue weighted by atomic mass is 127. The van der Waals surface area contributed by atoms with Gasteiger partial charge in [0.25, 0.3) is 0 Å². The molecule has 1 aliphatic carbocycles. The molecule has 1 saturated heterocycles. The number of guanidine groups is 1. The number of rotatable bonds is 8. The number of likely N-dealkylation sites (tertiary alicyclic amines) is 1. The van der Waals surface area contributed by atoms with E-state index in [1.165, 1.54) is 12.8 Å². The number of hydrogen-bond acceptors (Lipinski definition) is 3. The summed E-state index contributed by atoms with van der Waals surface area (Å²) in [4.78, 5) is 19.1. The first-order valence-corrected chi connectivity index (χ1v) is 11.5. The minimum atomic E-state index is 0. The van der Waals surface area contributed by atoms with Gasteiger partial charge >= 0.3 is 0 Å². The number of halogens is 1. The van der Waals surface area contributed by atoms with Gasteiger partial charge in [0.1, 0.15) is 5.75 Å². The topological polar surface area (TPSA) is 66.0 Å². The van der Waals surface area contributed by atoms with Crippen LogP contribution >= 0.6 is 24.0 Å². The Labute approximate surface area is 204 Å². The summed E-state index contributed by atoms with van der Waals surface area (Å²) in [6.45, 7) is 7.40. The normalized spacial score (nSPS) is 19.4. The Morgan fingerprint density at radius 1 is 1.23 bits per heavy atom. The Kier molecular flexibility index (Phi) is 10.9. The summed E-state index contributed by atoms with van der Waals surface area (Å²) < 4.78 is 5.99. The average Bonchev–Trinajstić information content (AvgIpc) is 3.43. The van der Waals surface area contributed by atoms with E-state index in [-0.39, 0.29) is 35.9 Å². The Hall–Kier alpha value is -1.51. The molecule has 174 valence electrons. The van der Waals surface area contributed by atoms with Crippen LogP contribution in [0.25, 0.3) is 0 Å². The van der Waals surface area contributed by atoms with Crippen molar-refractivity contribution in [2.45, 2.75) is 65.0 Å². The zero-order chi connectivity index (χ0) is 21.3. The van der Waals surface area contributed by atoms with Crippen molar-refractivity contribution >= 4 is 35.8 Å². The van der Waals surface area contributed by atoms with Crippen molar-refractivity contribution in [1.29, 1.82) is 0 Å². The quantitative estimate of drug-likeness (QED) is 0.294. The van der Waals surface area contributed by atoms with Crippen molar-refractivity contribution in [3.8, 4) is 5.75 Å². The van der Waals surface area contributed by atoms with Crippen molar-refractivity contribution in [2.24, 2.45) is 16.8 Å². The summed E-state index contributed by atoms with van der Waals surface area (Å²) in [6, 6.07) is 8.40. The zero-order valence-corrected chi connectivity index (χ0v) is 21.6. The molecule has 0 aromatic heterocycles. The van der Waals surface area contributed by atoms with Crippen molar-refractivity contribution < 1.29 is 9.53 Å². The van der Waals surface area contributed by atoms with Gasteiger partial charge in [-0.2, -0.15) is 0 Å². The molecule has 6 nitrogen and oxygen atoms in total. The van der Waals surface area contributed by atoms with Crippen molar-refractivity contribution in [3.63, 3.8) is 0 Å². The number of hydrogen-bond donors (Lipinski definition) is 2. The maximum Gasteiger partial charge on any atom is 0.225 e. The van der Waals surface area contributed by atoms with Crippen molar-refractivity contribution in [3.05, 3.63) is 29.8 Å². The van der Waals surface area contributed by atoms with Gasteiger partial charge in [-0.25, -0.2) is 0 Å². The van der Waals surface area contributed by atoms with Crippen LogP contribution in [0.15, 0.2) is 29.3 Å². The molecule has 0 radical (unpaired) electrons. The van der Waals surface area contributed by atoms with E-state index in [4.69, 9.17) is 4.74 Å². The van der Waals surface area contributed by atoms with E-state index in [2.05, 4.69) is 35.5 Å². The van der Waals surface area contributed by atoms with Gasteiger partial charge in [-0.05, 0) is 37.7 Å². The number of benzene rings is 1. The molecule has 1 aromatic rings. The van der Waals surface area contributed by atoms with Crippen LogP contribution in [0.5, 0.6) is 5.75 Å². The number of aliphatic imine (C=N–C) groups is 1. The number of carbonyl (C=O) groups excluding carboxylic acids is 1. The molecule has 0 bridgehead atoms. The van der Waals surface area contributed by atoms with Crippen LogP contribution < -0.4 is 15.4 Å². The van der Waals surface area contributed by atoms with E-state index in [1.54, 1.807) is 7.05 Å². The fraction of sp³-hybridized carbons (Fsp3) is 0.667. The smallest absolute Gasteiger partial charge is 0.225 e. The fourth-order valence-corrected chi connectivity index (χ4v) is 4.27. The highest BCUT2D eigenvalue weighted by Crippen LogP contribution is 2.27. The Morgan fingerprint density at radius 3 is 2.68 bits per heavy atom. The average molecular weight is 543 g/mol. The zero-order valence-electron chi connectivity index (χ0n) is 19.2. The summed E-state index contributed by atoms with van der Waals surface area (Å²) in [6.07, 6.45) is 6.54. The maximum absolute atomic E-state index is 12.7. The van der Waals surface area contributed by atoms with Crippen LogP contribution in [-0.2, 0) is 11.3 Å². The largest absolute Gasteiger partial charge is 0.493 e. The number of amides is 1. The van der Waals surface area contributed by atoms with Crippen LogP contribution in [0.2, 0.25) is 0 Å². The lowest BCUT2D eigenvalue weighted by atomic mass is 10.1. The van der Waals surface area contributed by atoms with E-state index < -0.39 is 0 Å². The van der Waals surface area contributed by atoms with Crippen LogP contribution in [0.4, 0.5) is 0 Å². The molecular formula is C24H39IN4O2. The van der Waals surface area contributed by atoms with Crippen LogP contribution in [0.1, 0.15) is 57.9 Å². The van der Waals surface area contributed by atoms with Gasteiger partial charge in [0, 0.05) is 44.2 Å². The highest BCUT2D eigenvalue weighted by molar-refractivity contribution is 14.0. The molecule has 3 rings (SSSR count). The lowest BCUT2D eigenvalue weighted by molar-refractivity contribution is -0.134. The molecule has 2 aliphatic rings. The maximum atomic E-state index is 12.7. The van der Waals surface area contributed by atoms with Gasteiger partial charge in [-0.15, -0.1) is 24.0 Å². The van der Waals surface area contributed by atoms with Crippen molar-refractivity contribution in [1.82, 2.24) is 15.5 Å². The lowest BCUT2D eigenvalue weighted by Crippen LogP contribution is -2.45. The second-order valence-corrected chi connectivity index (χ2v) is 8.96. The molecule has 1 amide bonds. The minimum Gasteiger partial charge on any atom is -0.493 e. The summed E-state index contributed by atoms with van der Waals surface area (Å²) in [7, 11) is 1.79. The standard InChI is InChI=1S/C24H38N4O2.HI/c1-18(2)13-15-30-22-11-7-6-10-20(22)16-26-24(25-3)27-21-12-14-28(17-21)23(29)19-8-4-5-9-19;/h6-7,10-11,18-19,21H,4-5,8-9,12-17H2,1-3H3,(H2,25,26,27);1H. The highest BCUT2D eigenvalue weighted by Gasteiger charge is 2.32. The third-order valence-corrected chi connectivity index (χ3v) is 6.14. The van der Waals surface area contributed by atoms with Gasteiger partial charge in [0.05, 0.1) is 6.61 Å². The summed E-state index contributed by atoms with van der Waals surface area (Å²) in [5, 5.41) is 6.90. The van der Waals surface area contributed by atoms with Crippen molar-refractivity contribution in [2.75, 3.05) is 26.7 Å². The van der Waals surface area contributed by atoms with E-state index in [0.29, 0.717) is 18.4 Å². The van der Waals surface area contributed by atoms with Gasteiger partial charge in [0.15, 0.2) is 5.96 Å². The molecule has 31 heavy (non-hydrogen) atoms. The molecule has 1 saturated carbocycles. The third-order valence-electron chi connectivity index (χ3n) is 6.14. The molecule has 1 atom stereocenters. The number of nitrogens with zero attached hydrogens (tertiary/aromatic N) is 2. The van der Waals surface area contributed by atoms with E-state index in [0.717, 1.165) is 62.7 Å². The van der Waals surface area contributed by atoms with Crippen LogP contribution in [0, 0.1) is 11.8 Å². The minimum absolute atomic E-state index is 0. The predicted molar refractivity (Wildman–Crippen MR) is 137 cm³/mol. The molecular weight excluding hydrogens is 503 g/mol. The number of para-hydroxylation sites is 1. The van der Waals surface area contributed by atoms with Gasteiger partial charge in [0.2, 0.25) is 5.91 Å². The monoisotopic (exact) mass is 542 g/mol. The first kappa shape index (κ1) is 25.7. The summed E-state index contributed by atoms with van der Waals surface area (Å²) in [5.41, 5.74) is 1.12. The first-order valence-electron chi connectivity index (χ1n) is 11.5.